The summed E-state index contributed by atoms with van der Waals surface area (Å²) in [6, 6.07) is 126. The maximum absolute atomic E-state index is 13.9. The third-order valence-corrected chi connectivity index (χ3v) is 29.9. The van der Waals surface area contributed by atoms with Gasteiger partial charge in [0, 0.05) is 178 Å². The lowest BCUT2D eigenvalue weighted by Gasteiger charge is -2.09. The molecule has 0 aliphatic rings. The maximum atomic E-state index is 13.9. The highest BCUT2D eigenvalue weighted by molar-refractivity contribution is 7.26. The molecule has 0 N–H and O–H groups in total. The predicted molar refractivity (Wildman–Crippen MR) is 586 cm³/mol. The van der Waals surface area contributed by atoms with Crippen LogP contribution in [0, 0.1) is 12.4 Å². The van der Waals surface area contributed by atoms with E-state index >= 15 is 0 Å². The Kier molecular flexibility index (Phi) is 18.8. The first kappa shape index (κ1) is 83.7. The molecule has 0 saturated carbocycles. The second-order valence-electron chi connectivity index (χ2n) is 36.5. The molecule has 0 spiro atoms. The monoisotopic (exact) mass is 1940 g/mol. The van der Waals surface area contributed by atoms with E-state index in [0.29, 0.717) is 86.3 Å². The smallest absolute Gasteiger partial charge is 0.308 e. The molecule has 20 nitrogen and oxygen atoms in total. The van der Waals surface area contributed by atoms with Crippen LogP contribution < -0.4 is 4.40 Å². The number of halogens is 1. The molecule has 148 heavy (non-hydrogen) atoms. The molecule has 23 heteroatoms. The molecule has 14 heterocycles. The minimum atomic E-state index is -0.338. The fourth-order valence-corrected chi connectivity index (χ4v) is 22.6. The van der Waals surface area contributed by atoms with Gasteiger partial charge in [-0.2, -0.15) is 0 Å². The summed E-state index contributed by atoms with van der Waals surface area (Å²) < 4.78 is 64.4. The van der Waals surface area contributed by atoms with Crippen LogP contribution in [0.4, 0.5) is 10.1 Å². The van der Waals surface area contributed by atoms with Gasteiger partial charge in [-0.3, -0.25) is 0 Å². The SMILES string of the molecule is Fc1ccc2c(c1)oc1cc(-c3nc(-c4ccc5c(c4)oc4ccccc45)nc(-c4ccc5sc6ccccc6c5c4)n3)ccc12.[C-]#[N+]c1ccc2c(c1)oc1cc(-c3nc(-c4ccc5c(c4)oc4ccccc45)nc(-c4ccc5sc6ccccc6c5c4)n3)ccc12.c1ccc2c(c1)oc1cc(-c3nc(-c4ccc5c(c4)oc4ccccc45)nc(-c4ccc5c(c4)oc4cc(-c6nc[n+]7ccccc7n6)ccc45)n3)ccc12. The first-order valence-electron chi connectivity index (χ1n) is 47.9. The van der Waals surface area contributed by atoms with E-state index in [4.69, 9.17) is 87.3 Å². The molecule has 32 rings (SSSR count). The van der Waals surface area contributed by atoms with Crippen molar-refractivity contribution < 1.29 is 39.7 Å². The second-order valence-corrected chi connectivity index (χ2v) is 38.7. The van der Waals surface area contributed by atoms with Crippen LogP contribution in [0.2, 0.25) is 0 Å². The summed E-state index contributed by atoms with van der Waals surface area (Å²) in [6.07, 6.45) is 3.70. The van der Waals surface area contributed by atoms with Gasteiger partial charge in [0.2, 0.25) is 6.33 Å². The Bertz CT molecular complexity index is 11200. The van der Waals surface area contributed by atoms with Crippen LogP contribution in [0.3, 0.4) is 0 Å². The van der Waals surface area contributed by atoms with E-state index < -0.39 is 0 Å². The highest BCUT2D eigenvalue weighted by atomic mass is 32.1. The number of thiophene rings is 2. The number of hydrogen-bond acceptors (Lipinski definition) is 20. The van der Waals surface area contributed by atoms with Gasteiger partial charge < -0.3 is 30.9 Å². The summed E-state index contributed by atoms with van der Waals surface area (Å²) in [5, 5.41) is 18.9. The molecule has 0 saturated heterocycles. The molecule has 0 aliphatic carbocycles. The zero-order valence-electron chi connectivity index (χ0n) is 77.4. The van der Waals surface area contributed by atoms with Gasteiger partial charge in [-0.1, -0.05) is 180 Å². The van der Waals surface area contributed by atoms with E-state index in [1.54, 1.807) is 41.1 Å². The van der Waals surface area contributed by atoms with Crippen LogP contribution in [0.1, 0.15) is 0 Å². The number of para-hydroxylation sites is 4. The highest BCUT2D eigenvalue weighted by Crippen LogP contribution is 2.46. The summed E-state index contributed by atoms with van der Waals surface area (Å²) in [6.45, 7) is 7.39. The number of nitrogens with zero attached hydrogens (tertiary/aromatic N) is 13. The quantitative estimate of drug-likeness (QED) is 0.0912. The summed E-state index contributed by atoms with van der Waals surface area (Å²) >= 11 is 3.56. The molecule has 18 aromatic carbocycles. The Balaban J connectivity index is 0.000000103. The van der Waals surface area contributed by atoms with E-state index in [1.807, 2.05) is 223 Å². The summed E-state index contributed by atoms with van der Waals surface area (Å²) in [5.74, 6) is 5.12. The van der Waals surface area contributed by atoms with Gasteiger partial charge in [0.25, 0.3) is 5.65 Å². The lowest BCUT2D eigenvalue weighted by molar-refractivity contribution is -0.518. The van der Waals surface area contributed by atoms with Crippen LogP contribution >= 0.6 is 22.7 Å². The molecule has 0 atom stereocenters. The number of fused-ring (bicyclic) bond motifs is 28. The van der Waals surface area contributed by atoms with E-state index in [9.17, 15) is 4.39 Å². The minimum absolute atomic E-state index is 0.338. The minimum Gasteiger partial charge on any atom is -0.457 e. The van der Waals surface area contributed by atoms with Gasteiger partial charge in [0.15, 0.2) is 58.1 Å². The van der Waals surface area contributed by atoms with Crippen LogP contribution in [-0.2, 0) is 0 Å². The van der Waals surface area contributed by atoms with E-state index in [-0.39, 0.29) is 5.82 Å². The molecule has 0 bridgehead atoms. The molecule has 690 valence electrons. The predicted octanol–water partition coefficient (Wildman–Crippen LogP) is 33.5. The van der Waals surface area contributed by atoms with E-state index in [1.165, 1.54) is 52.5 Å². The Morgan fingerprint density at radius 3 is 0.777 bits per heavy atom. The zero-order chi connectivity index (χ0) is 97.5. The maximum Gasteiger partial charge on any atom is 0.308 e. The fourth-order valence-electron chi connectivity index (χ4n) is 20.4. The van der Waals surface area contributed by atoms with Crippen molar-refractivity contribution in [2.45, 2.75) is 0 Å². The van der Waals surface area contributed by atoms with Gasteiger partial charge in [0.1, 0.15) is 84.0 Å². The zero-order valence-corrected chi connectivity index (χ0v) is 79.0. The molecular weight excluding hydrogens is 1880 g/mol. The molecule has 0 aliphatic heterocycles. The molecule has 0 unspecified atom stereocenters. The van der Waals surface area contributed by atoms with Crippen molar-refractivity contribution in [3.8, 4) is 114 Å². The van der Waals surface area contributed by atoms with Crippen LogP contribution in [0.5, 0.6) is 0 Å². The topological polar surface area (TPSA) is 242 Å². The van der Waals surface area contributed by atoms with Gasteiger partial charge in [0.05, 0.1) is 18.3 Å². The summed E-state index contributed by atoms with van der Waals surface area (Å²) in [5.41, 5.74) is 20.1. The number of benzene rings is 18. The third-order valence-electron chi connectivity index (χ3n) is 27.6. The number of pyridine rings is 1. The molecule has 0 radical (unpaired) electrons. The second kappa shape index (κ2) is 33.3. The molecule has 0 amide bonds. The van der Waals surface area contributed by atoms with Crippen molar-refractivity contribution in [2.75, 3.05) is 0 Å². The first-order valence-corrected chi connectivity index (χ1v) is 49.5. The molecular formula is C125H65FN13O7S2+. The van der Waals surface area contributed by atoms with Crippen molar-refractivity contribution in [3.63, 3.8) is 0 Å². The summed E-state index contributed by atoms with van der Waals surface area (Å²) in [4.78, 5) is 58.1. The van der Waals surface area contributed by atoms with Gasteiger partial charge >= 0.3 is 5.82 Å². The standard InChI is InChI=1S/C46H25N6O3.C40H20N4O2S.C39H20FN3O2S/c1-3-9-36-30(7-1)32-17-13-27(22-38(32)53-36)44-49-45(28-14-18-33-31-8-2-4-10-37(31)54-39(33)23-28)51-46(50-44)29-15-19-35-34-16-12-26(21-40(34)55-41(35)24-29)43-47-25-52-20-6-5-11-42(52)48-43;1-41-25-13-16-29-28-15-11-24(20-34(28)46-35(29)21-25)40-43-38(22-12-17-37-31(18-22)30-7-3-5-9-36(30)47-37)42-39(44-40)23-10-14-27-26-6-2-4-8-32(26)45-33(27)19-23;40-24-12-15-28-27-14-10-23(19-33(27)45-34(28)20-24)39-42-37(21-11-16-36-30(17-21)29-6-2-4-8-35(29)46-36)41-38(43-39)22-9-13-26-25-5-1-3-7-31(25)44-32(26)18-22/h1-25H;2-21H;1-20H/q+1;;. The van der Waals surface area contributed by atoms with Gasteiger partial charge in [-0.25, -0.2) is 58.5 Å². The fraction of sp³-hybridized carbons (Fsp3) is 0. The lowest BCUT2D eigenvalue weighted by atomic mass is 10.1. The Hall–Kier alpha value is -20.1. The Morgan fingerprint density at radius 1 is 0.203 bits per heavy atom. The average Bonchev–Trinajstić information content (AvgIpc) is 1.58. The Morgan fingerprint density at radius 2 is 0.446 bits per heavy atom. The van der Waals surface area contributed by atoms with Crippen LogP contribution in [-0.4, -0.2) is 54.8 Å². The number of rotatable bonds is 10. The van der Waals surface area contributed by atoms with E-state index in [2.05, 4.69) is 155 Å². The van der Waals surface area contributed by atoms with Gasteiger partial charge in [-0.15, -0.1) is 22.7 Å². The van der Waals surface area contributed by atoms with Crippen molar-refractivity contribution in [2.24, 2.45) is 0 Å². The van der Waals surface area contributed by atoms with Crippen LogP contribution in [0.25, 0.3) is 318 Å². The molecule has 0 fully saturated rings. The largest absolute Gasteiger partial charge is 0.457 e. The number of aromatic nitrogens is 12. The van der Waals surface area contributed by atoms with Crippen molar-refractivity contribution in [1.82, 2.24) is 54.8 Å². The third kappa shape index (κ3) is 14.2. The van der Waals surface area contributed by atoms with Crippen molar-refractivity contribution in [3.05, 3.63) is 412 Å². The first-order chi connectivity index (χ1) is 73.0. The molecule has 32 aromatic rings. The van der Waals surface area contributed by atoms with Crippen molar-refractivity contribution >= 4 is 228 Å². The number of hydrogen-bond donors (Lipinski definition) is 0. The summed E-state index contributed by atoms with van der Waals surface area (Å²) in [7, 11) is 0. The van der Waals surface area contributed by atoms with Crippen molar-refractivity contribution in [1.29, 1.82) is 0 Å². The van der Waals surface area contributed by atoms with Crippen LogP contribution in [0.15, 0.2) is 426 Å². The van der Waals surface area contributed by atoms with E-state index in [0.717, 1.165) is 193 Å². The normalized spacial score (nSPS) is 11.9. The Labute approximate surface area is 842 Å². The number of furan rings is 7. The van der Waals surface area contributed by atoms with Gasteiger partial charge in [-0.05, 0) is 200 Å². The molecule has 14 aromatic heterocycles. The highest BCUT2D eigenvalue weighted by Gasteiger charge is 2.26. The lowest BCUT2D eigenvalue weighted by Crippen LogP contribution is -2.22. The average molecular weight is 1940 g/mol.